The van der Waals surface area contributed by atoms with Gasteiger partial charge >= 0.3 is 0 Å². The predicted octanol–water partition coefficient (Wildman–Crippen LogP) is 2.25. The van der Waals surface area contributed by atoms with Crippen LogP contribution >= 0.6 is 15.9 Å². The van der Waals surface area contributed by atoms with E-state index >= 15 is 0 Å². The van der Waals surface area contributed by atoms with Gasteiger partial charge in [0.25, 0.3) is 5.91 Å². The van der Waals surface area contributed by atoms with Crippen LogP contribution in [-0.4, -0.2) is 31.8 Å². The third kappa shape index (κ3) is 3.61. The Morgan fingerprint density at radius 3 is 2.57 bits per heavy atom. The summed E-state index contributed by atoms with van der Waals surface area (Å²) in [7, 11) is -4.11. The first-order valence-electron chi connectivity index (χ1n) is 6.58. The van der Waals surface area contributed by atoms with Gasteiger partial charge in [-0.2, -0.15) is 0 Å². The van der Waals surface area contributed by atoms with Gasteiger partial charge in [0.15, 0.2) is 0 Å². The van der Waals surface area contributed by atoms with Crippen molar-refractivity contribution in [3.05, 3.63) is 28.0 Å². The second-order valence-electron chi connectivity index (χ2n) is 5.04. The van der Waals surface area contributed by atoms with Crippen molar-refractivity contribution in [3.8, 4) is 0 Å². The maximum atomic E-state index is 13.9. The number of hydrogen-bond donors (Lipinski definition) is 1. The second-order valence-corrected chi connectivity index (χ2v) is 7.37. The zero-order valence-electron chi connectivity index (χ0n) is 11.5. The lowest BCUT2D eigenvalue weighted by Crippen LogP contribution is -2.34. The van der Waals surface area contributed by atoms with Crippen LogP contribution in [0.2, 0.25) is 0 Å². The number of carbonyl (C=O) groups is 1. The van der Waals surface area contributed by atoms with Gasteiger partial charge in [-0.15, -0.1) is 0 Å². The van der Waals surface area contributed by atoms with Crippen molar-refractivity contribution in [2.45, 2.75) is 37.1 Å². The molecule has 1 aliphatic rings. The Bertz CT molecular complexity index is 674. The van der Waals surface area contributed by atoms with Gasteiger partial charge in [-0.3, -0.25) is 4.79 Å². The molecule has 2 rings (SSSR count). The number of nitrogens with zero attached hydrogens (tertiary/aromatic N) is 1. The molecular formula is C13H16BrFN2O3S. The number of rotatable bonds is 5. The number of nitrogens with two attached hydrogens (primary N) is 1. The van der Waals surface area contributed by atoms with E-state index in [0.717, 1.165) is 31.4 Å². The molecule has 1 amide bonds. The average Bonchev–Trinajstić information content (AvgIpc) is 3.21. The topological polar surface area (TPSA) is 80.5 Å². The van der Waals surface area contributed by atoms with E-state index in [4.69, 9.17) is 5.14 Å². The Balaban J connectivity index is 2.44. The highest BCUT2D eigenvalue weighted by molar-refractivity contribution is 9.10. The highest BCUT2D eigenvalue weighted by Crippen LogP contribution is 2.31. The SMILES string of the molecule is CCCN(C(=O)c1cc(F)c(Br)c(S(N)(=O)=O)c1)C1CC1. The van der Waals surface area contributed by atoms with Crippen molar-refractivity contribution in [1.82, 2.24) is 4.90 Å². The van der Waals surface area contributed by atoms with Crippen molar-refractivity contribution in [1.29, 1.82) is 0 Å². The van der Waals surface area contributed by atoms with Crippen LogP contribution in [-0.2, 0) is 10.0 Å². The molecule has 5 nitrogen and oxygen atoms in total. The van der Waals surface area contributed by atoms with Crippen LogP contribution in [0.15, 0.2) is 21.5 Å². The van der Waals surface area contributed by atoms with E-state index in [-0.39, 0.29) is 22.0 Å². The third-order valence-electron chi connectivity index (χ3n) is 3.26. The van der Waals surface area contributed by atoms with Crippen LogP contribution in [0.3, 0.4) is 0 Å². The number of sulfonamides is 1. The second kappa shape index (κ2) is 6.02. The Labute approximate surface area is 131 Å². The summed E-state index contributed by atoms with van der Waals surface area (Å²) in [6.07, 6.45) is 2.63. The van der Waals surface area contributed by atoms with E-state index in [1.54, 1.807) is 4.90 Å². The van der Waals surface area contributed by atoms with Crippen molar-refractivity contribution in [3.63, 3.8) is 0 Å². The van der Waals surface area contributed by atoms with Crippen molar-refractivity contribution >= 4 is 31.9 Å². The van der Waals surface area contributed by atoms with Gasteiger partial charge in [0, 0.05) is 18.2 Å². The minimum atomic E-state index is -4.11. The van der Waals surface area contributed by atoms with E-state index in [2.05, 4.69) is 15.9 Å². The Morgan fingerprint density at radius 1 is 1.48 bits per heavy atom. The molecule has 0 aromatic heterocycles. The molecule has 116 valence electrons. The summed E-state index contributed by atoms with van der Waals surface area (Å²) >= 11 is 2.85. The summed E-state index contributed by atoms with van der Waals surface area (Å²) < 4.78 is 36.6. The number of primary sulfonamides is 1. The zero-order chi connectivity index (χ0) is 15.8. The summed E-state index contributed by atoms with van der Waals surface area (Å²) in [6, 6.07) is 2.32. The summed E-state index contributed by atoms with van der Waals surface area (Å²) in [6.45, 7) is 2.51. The molecule has 1 aliphatic carbocycles. The monoisotopic (exact) mass is 378 g/mol. The third-order valence-corrected chi connectivity index (χ3v) is 5.26. The Kier molecular flexibility index (Phi) is 4.69. The van der Waals surface area contributed by atoms with Gasteiger partial charge in [-0.1, -0.05) is 6.92 Å². The summed E-state index contributed by atoms with van der Waals surface area (Å²) in [4.78, 5) is 13.7. The fourth-order valence-corrected chi connectivity index (χ4v) is 3.68. The molecule has 0 spiro atoms. The molecule has 1 aromatic carbocycles. The standard InChI is InChI=1S/C13H16BrFN2O3S/c1-2-5-17(9-3-4-9)13(18)8-6-10(15)12(14)11(7-8)21(16,19)20/h6-7,9H,2-5H2,1H3,(H2,16,19,20). The highest BCUT2D eigenvalue weighted by atomic mass is 79.9. The number of amides is 1. The van der Waals surface area contributed by atoms with Gasteiger partial charge in [0.05, 0.1) is 9.37 Å². The summed E-state index contributed by atoms with van der Waals surface area (Å²) in [5.74, 6) is -1.19. The number of benzene rings is 1. The maximum Gasteiger partial charge on any atom is 0.254 e. The van der Waals surface area contributed by atoms with E-state index in [1.165, 1.54) is 0 Å². The lowest BCUT2D eigenvalue weighted by Gasteiger charge is -2.22. The minimum absolute atomic E-state index is 0.0000694. The molecule has 1 saturated carbocycles. The highest BCUT2D eigenvalue weighted by Gasteiger charge is 2.33. The van der Waals surface area contributed by atoms with Gasteiger partial charge in [0.2, 0.25) is 10.0 Å². The Morgan fingerprint density at radius 2 is 2.10 bits per heavy atom. The molecule has 0 saturated heterocycles. The van der Waals surface area contributed by atoms with Crippen LogP contribution in [0.1, 0.15) is 36.5 Å². The van der Waals surface area contributed by atoms with E-state index in [9.17, 15) is 17.6 Å². The van der Waals surface area contributed by atoms with Gasteiger partial charge < -0.3 is 4.90 Å². The molecule has 1 fully saturated rings. The van der Waals surface area contributed by atoms with Crippen molar-refractivity contribution in [2.75, 3.05) is 6.54 Å². The molecule has 0 bridgehead atoms. The van der Waals surface area contributed by atoms with Gasteiger partial charge in [0.1, 0.15) is 5.82 Å². The normalized spacial score (nSPS) is 15.0. The van der Waals surface area contributed by atoms with E-state index < -0.39 is 20.7 Å². The van der Waals surface area contributed by atoms with Gasteiger partial charge in [-0.05, 0) is 47.3 Å². The lowest BCUT2D eigenvalue weighted by molar-refractivity contribution is 0.0742. The van der Waals surface area contributed by atoms with Crippen LogP contribution in [0.25, 0.3) is 0 Å². The van der Waals surface area contributed by atoms with Crippen LogP contribution in [0.5, 0.6) is 0 Å². The maximum absolute atomic E-state index is 13.9. The fourth-order valence-electron chi connectivity index (χ4n) is 2.14. The fraction of sp³-hybridized carbons (Fsp3) is 0.462. The first-order valence-corrected chi connectivity index (χ1v) is 8.92. The predicted molar refractivity (Wildman–Crippen MR) is 79.8 cm³/mol. The molecule has 0 aliphatic heterocycles. The molecule has 0 unspecified atom stereocenters. The number of hydrogen-bond acceptors (Lipinski definition) is 3. The number of carbonyl (C=O) groups excluding carboxylic acids is 1. The molecule has 0 atom stereocenters. The summed E-state index contributed by atoms with van der Waals surface area (Å²) in [5.41, 5.74) is 0.0000694. The molecule has 0 heterocycles. The molecular weight excluding hydrogens is 363 g/mol. The first kappa shape index (κ1) is 16.4. The van der Waals surface area contributed by atoms with Crippen LogP contribution in [0, 0.1) is 5.82 Å². The van der Waals surface area contributed by atoms with Crippen molar-refractivity contribution < 1.29 is 17.6 Å². The number of halogens is 2. The quantitative estimate of drug-likeness (QED) is 0.852. The Hall–Kier alpha value is -0.990. The first-order chi connectivity index (χ1) is 9.75. The molecule has 8 heteroatoms. The molecule has 21 heavy (non-hydrogen) atoms. The zero-order valence-corrected chi connectivity index (χ0v) is 13.9. The molecule has 0 radical (unpaired) electrons. The molecule has 2 N–H and O–H groups in total. The summed E-state index contributed by atoms with van der Waals surface area (Å²) in [5, 5.41) is 5.05. The van der Waals surface area contributed by atoms with Gasteiger partial charge in [-0.25, -0.2) is 17.9 Å². The largest absolute Gasteiger partial charge is 0.336 e. The van der Waals surface area contributed by atoms with E-state index in [0.29, 0.717) is 6.54 Å². The van der Waals surface area contributed by atoms with E-state index in [1.807, 2.05) is 6.92 Å². The molecule has 1 aromatic rings. The van der Waals surface area contributed by atoms with Crippen LogP contribution in [0.4, 0.5) is 4.39 Å². The lowest BCUT2D eigenvalue weighted by atomic mass is 10.2. The minimum Gasteiger partial charge on any atom is -0.336 e. The van der Waals surface area contributed by atoms with Crippen LogP contribution < -0.4 is 5.14 Å². The smallest absolute Gasteiger partial charge is 0.254 e. The van der Waals surface area contributed by atoms with Crippen molar-refractivity contribution in [2.24, 2.45) is 5.14 Å². The average molecular weight is 379 g/mol.